The van der Waals surface area contributed by atoms with E-state index in [9.17, 15) is 9.59 Å². The van der Waals surface area contributed by atoms with Gasteiger partial charge in [0, 0.05) is 4.88 Å². The van der Waals surface area contributed by atoms with E-state index in [2.05, 4.69) is 10.3 Å². The van der Waals surface area contributed by atoms with E-state index in [-0.39, 0.29) is 29.0 Å². The third-order valence-corrected chi connectivity index (χ3v) is 6.72. The average molecular weight is 457 g/mol. The van der Waals surface area contributed by atoms with Crippen LogP contribution in [0.2, 0.25) is 10.0 Å². The number of aromatic nitrogens is 1. The van der Waals surface area contributed by atoms with Crippen molar-refractivity contribution in [2.75, 3.05) is 18.5 Å². The van der Waals surface area contributed by atoms with Gasteiger partial charge in [0.1, 0.15) is 15.0 Å². The minimum Gasteiger partial charge on any atom is -0.480 e. The Bertz CT molecular complexity index is 932. The Morgan fingerprint density at radius 2 is 1.79 bits per heavy atom. The van der Waals surface area contributed by atoms with Crippen molar-refractivity contribution in [3.05, 3.63) is 37.4 Å². The number of nitrogens with one attached hydrogen (secondary N) is 1. The first-order chi connectivity index (χ1) is 13.8. The molecule has 0 spiro atoms. The highest BCUT2D eigenvalue weighted by Crippen LogP contribution is 2.39. The molecule has 0 saturated carbocycles. The summed E-state index contributed by atoms with van der Waals surface area (Å²) in [6, 6.07) is 0. The van der Waals surface area contributed by atoms with Gasteiger partial charge in [0.2, 0.25) is 0 Å². The van der Waals surface area contributed by atoms with Gasteiger partial charge in [0.15, 0.2) is 12.4 Å². The zero-order valence-corrected chi connectivity index (χ0v) is 18.8. The predicted molar refractivity (Wildman–Crippen MR) is 115 cm³/mol. The van der Waals surface area contributed by atoms with Crippen LogP contribution in [0.3, 0.4) is 0 Å². The van der Waals surface area contributed by atoms with Crippen molar-refractivity contribution in [2.45, 2.75) is 46.5 Å². The quantitative estimate of drug-likeness (QED) is 0.608. The van der Waals surface area contributed by atoms with E-state index in [1.165, 1.54) is 11.3 Å². The molecule has 1 N–H and O–H groups in total. The summed E-state index contributed by atoms with van der Waals surface area (Å²) < 4.78 is 10.8. The molecule has 29 heavy (non-hydrogen) atoms. The predicted octanol–water partition coefficient (Wildman–Crippen LogP) is 5.14. The number of nitrogens with zero attached hydrogens (tertiary/aromatic N) is 1. The van der Waals surface area contributed by atoms with Gasteiger partial charge in [-0.3, -0.25) is 9.78 Å². The summed E-state index contributed by atoms with van der Waals surface area (Å²) in [5.41, 5.74) is 2.59. The largest absolute Gasteiger partial charge is 0.480 e. The average Bonchev–Trinajstić information content (AvgIpc) is 3.04. The fourth-order valence-electron chi connectivity index (χ4n) is 3.27. The summed E-state index contributed by atoms with van der Waals surface area (Å²) in [6.07, 6.45) is 3.81. The Morgan fingerprint density at radius 3 is 2.45 bits per heavy atom. The zero-order chi connectivity index (χ0) is 21.1. The highest BCUT2D eigenvalue weighted by Gasteiger charge is 2.27. The molecule has 1 amide bonds. The number of carbonyl (C=O) groups is 2. The molecule has 0 fully saturated rings. The molecule has 2 heterocycles. The molecule has 1 aliphatic rings. The number of rotatable bonds is 6. The molecular formula is C20H22Cl2N2O4S. The van der Waals surface area contributed by atoms with Crippen molar-refractivity contribution in [3.63, 3.8) is 0 Å². The number of ether oxygens (including phenoxy) is 2. The van der Waals surface area contributed by atoms with Crippen molar-refractivity contribution in [2.24, 2.45) is 0 Å². The lowest BCUT2D eigenvalue weighted by Gasteiger charge is -2.13. The molecule has 0 bridgehead atoms. The summed E-state index contributed by atoms with van der Waals surface area (Å²) in [5.74, 6) is -0.590. The molecule has 0 atom stereocenters. The number of esters is 1. The first-order valence-electron chi connectivity index (χ1n) is 9.40. The van der Waals surface area contributed by atoms with Crippen LogP contribution in [-0.4, -0.2) is 30.1 Å². The van der Waals surface area contributed by atoms with E-state index in [0.717, 1.165) is 36.1 Å². The SMILES string of the molecule is CCOC(=O)c1c(NC(=O)COc2c(Cl)c(C)nc(C)c2Cl)sc2c1CCCC2. The molecule has 2 aromatic rings. The lowest BCUT2D eigenvalue weighted by molar-refractivity contribution is -0.118. The molecular weight excluding hydrogens is 435 g/mol. The molecule has 2 aromatic heterocycles. The summed E-state index contributed by atoms with van der Waals surface area (Å²) in [5, 5.41) is 3.84. The Kier molecular flexibility index (Phi) is 7.03. The maximum absolute atomic E-state index is 12.5. The second-order valence-corrected chi connectivity index (χ2v) is 8.57. The maximum Gasteiger partial charge on any atom is 0.341 e. The van der Waals surface area contributed by atoms with Crippen molar-refractivity contribution in [1.82, 2.24) is 4.98 Å². The second kappa shape index (κ2) is 9.32. The van der Waals surface area contributed by atoms with Gasteiger partial charge in [-0.2, -0.15) is 0 Å². The summed E-state index contributed by atoms with van der Waals surface area (Å²) in [4.78, 5) is 30.4. The van der Waals surface area contributed by atoms with E-state index in [1.54, 1.807) is 20.8 Å². The van der Waals surface area contributed by atoms with E-state index >= 15 is 0 Å². The van der Waals surface area contributed by atoms with Crippen LogP contribution in [0.25, 0.3) is 0 Å². The number of thiophene rings is 1. The van der Waals surface area contributed by atoms with Crippen molar-refractivity contribution in [3.8, 4) is 5.75 Å². The van der Waals surface area contributed by atoms with Crippen LogP contribution < -0.4 is 10.1 Å². The van der Waals surface area contributed by atoms with Gasteiger partial charge in [-0.05, 0) is 52.0 Å². The standard InChI is InChI=1S/C20H22Cl2N2O4S/c1-4-27-20(26)15-12-7-5-6-8-13(12)29-19(15)24-14(25)9-28-18-16(21)10(2)23-11(3)17(18)22/h4-9H2,1-3H3,(H,24,25). The van der Waals surface area contributed by atoms with E-state index in [4.69, 9.17) is 32.7 Å². The highest BCUT2D eigenvalue weighted by molar-refractivity contribution is 7.17. The third kappa shape index (κ3) is 4.68. The maximum atomic E-state index is 12.5. The number of hydrogen-bond donors (Lipinski definition) is 1. The number of hydrogen-bond acceptors (Lipinski definition) is 6. The Morgan fingerprint density at radius 1 is 1.14 bits per heavy atom. The normalized spacial score (nSPS) is 13.0. The van der Waals surface area contributed by atoms with Crippen molar-refractivity contribution >= 4 is 51.4 Å². The molecule has 9 heteroatoms. The number of amides is 1. The fraction of sp³-hybridized carbons (Fsp3) is 0.450. The highest BCUT2D eigenvalue weighted by atomic mass is 35.5. The van der Waals surface area contributed by atoms with Gasteiger partial charge >= 0.3 is 5.97 Å². The summed E-state index contributed by atoms with van der Waals surface area (Å²) >= 11 is 13.9. The molecule has 0 unspecified atom stereocenters. The topological polar surface area (TPSA) is 77.5 Å². The summed E-state index contributed by atoms with van der Waals surface area (Å²) in [7, 11) is 0. The van der Waals surface area contributed by atoms with Crippen LogP contribution in [-0.2, 0) is 22.4 Å². The Hall–Kier alpha value is -1.83. The zero-order valence-electron chi connectivity index (χ0n) is 16.5. The molecule has 3 rings (SSSR count). The smallest absolute Gasteiger partial charge is 0.341 e. The molecule has 6 nitrogen and oxygen atoms in total. The van der Waals surface area contributed by atoms with Gasteiger partial charge in [-0.1, -0.05) is 23.2 Å². The molecule has 156 valence electrons. The molecule has 0 aromatic carbocycles. The van der Waals surface area contributed by atoms with Crippen LogP contribution >= 0.6 is 34.5 Å². The number of halogens is 2. The van der Waals surface area contributed by atoms with Crippen LogP contribution in [0, 0.1) is 13.8 Å². The van der Waals surface area contributed by atoms with E-state index in [0.29, 0.717) is 22.0 Å². The van der Waals surface area contributed by atoms with Crippen LogP contribution in [0.15, 0.2) is 0 Å². The van der Waals surface area contributed by atoms with E-state index in [1.807, 2.05) is 0 Å². The minimum atomic E-state index is -0.409. The van der Waals surface area contributed by atoms with Crippen molar-refractivity contribution < 1.29 is 19.1 Å². The Balaban J connectivity index is 1.78. The lowest BCUT2D eigenvalue weighted by atomic mass is 9.95. The summed E-state index contributed by atoms with van der Waals surface area (Å²) in [6.45, 7) is 5.21. The first kappa shape index (κ1) is 21.9. The van der Waals surface area contributed by atoms with Crippen LogP contribution in [0.4, 0.5) is 5.00 Å². The Labute approximate surface area is 183 Å². The minimum absolute atomic E-state index is 0.226. The molecule has 1 aliphatic carbocycles. The second-order valence-electron chi connectivity index (χ2n) is 6.71. The van der Waals surface area contributed by atoms with Gasteiger partial charge in [0.05, 0.1) is 23.6 Å². The molecule has 0 radical (unpaired) electrons. The van der Waals surface area contributed by atoms with Gasteiger partial charge in [-0.15, -0.1) is 11.3 Å². The van der Waals surface area contributed by atoms with Gasteiger partial charge < -0.3 is 14.8 Å². The number of aryl methyl sites for hydroxylation is 3. The van der Waals surface area contributed by atoms with Gasteiger partial charge in [-0.25, -0.2) is 4.79 Å². The number of carbonyl (C=O) groups excluding carboxylic acids is 2. The van der Waals surface area contributed by atoms with Crippen molar-refractivity contribution in [1.29, 1.82) is 0 Å². The fourth-order valence-corrected chi connectivity index (χ4v) is 5.00. The van der Waals surface area contributed by atoms with Crippen LogP contribution in [0.1, 0.15) is 52.0 Å². The van der Waals surface area contributed by atoms with Gasteiger partial charge in [0.25, 0.3) is 5.91 Å². The lowest BCUT2D eigenvalue weighted by Crippen LogP contribution is -2.21. The van der Waals surface area contributed by atoms with E-state index < -0.39 is 11.9 Å². The molecule has 0 aliphatic heterocycles. The number of anilines is 1. The third-order valence-electron chi connectivity index (χ3n) is 4.62. The first-order valence-corrected chi connectivity index (χ1v) is 11.0. The van der Waals surface area contributed by atoms with Crippen LogP contribution in [0.5, 0.6) is 5.75 Å². The number of fused-ring (bicyclic) bond motifs is 1. The monoisotopic (exact) mass is 456 g/mol. The molecule has 0 saturated heterocycles. The number of pyridine rings is 1.